The highest BCUT2D eigenvalue weighted by atomic mass is 16.5. The van der Waals surface area contributed by atoms with Gasteiger partial charge in [0, 0.05) is 31.7 Å². The molecular formula is C21H34N2O2. The number of rotatable bonds is 6. The van der Waals surface area contributed by atoms with E-state index in [0.29, 0.717) is 12.1 Å². The maximum absolute atomic E-state index is 5.91. The first-order chi connectivity index (χ1) is 12.0. The molecule has 4 nitrogen and oxygen atoms in total. The van der Waals surface area contributed by atoms with Crippen molar-refractivity contribution in [1.82, 2.24) is 9.80 Å². The van der Waals surface area contributed by atoms with E-state index < -0.39 is 0 Å². The van der Waals surface area contributed by atoms with Crippen molar-refractivity contribution in [2.75, 3.05) is 40.4 Å². The highest BCUT2D eigenvalue weighted by Gasteiger charge is 2.36. The quantitative estimate of drug-likeness (QED) is 0.783. The van der Waals surface area contributed by atoms with Crippen molar-refractivity contribution in [3.63, 3.8) is 0 Å². The van der Waals surface area contributed by atoms with Crippen molar-refractivity contribution in [3.8, 4) is 11.5 Å². The minimum atomic E-state index is 0.478. The van der Waals surface area contributed by atoms with Crippen LogP contribution in [0.25, 0.3) is 0 Å². The zero-order valence-corrected chi connectivity index (χ0v) is 16.5. The summed E-state index contributed by atoms with van der Waals surface area (Å²) in [5.74, 6) is 2.53. The summed E-state index contributed by atoms with van der Waals surface area (Å²) in [6.07, 6.45) is 3.40. The van der Waals surface area contributed by atoms with E-state index in [-0.39, 0.29) is 0 Å². The molecule has 1 aromatic carbocycles. The Morgan fingerprint density at radius 3 is 2.68 bits per heavy atom. The summed E-state index contributed by atoms with van der Waals surface area (Å²) in [4.78, 5) is 5.24. The van der Waals surface area contributed by atoms with E-state index in [9.17, 15) is 0 Å². The molecule has 1 aromatic rings. The molecule has 4 heteroatoms. The average Bonchev–Trinajstić information content (AvgIpc) is 2.59. The van der Waals surface area contributed by atoms with Crippen LogP contribution < -0.4 is 9.47 Å². The van der Waals surface area contributed by atoms with Crippen LogP contribution in [-0.2, 0) is 6.42 Å². The van der Waals surface area contributed by atoms with Crippen LogP contribution in [0.4, 0.5) is 0 Å². The first kappa shape index (κ1) is 18.5. The molecule has 2 atom stereocenters. The van der Waals surface area contributed by atoms with Gasteiger partial charge in [0.25, 0.3) is 0 Å². The van der Waals surface area contributed by atoms with E-state index in [1.807, 2.05) is 0 Å². The molecule has 1 saturated heterocycles. The summed E-state index contributed by atoms with van der Waals surface area (Å²) in [5, 5.41) is 0. The van der Waals surface area contributed by atoms with Gasteiger partial charge in [-0.05, 0) is 55.5 Å². The fraction of sp³-hybridized carbons (Fsp3) is 0.714. The molecule has 0 spiro atoms. The Kier molecular flexibility index (Phi) is 5.90. The molecule has 1 fully saturated rings. The van der Waals surface area contributed by atoms with E-state index in [1.54, 1.807) is 7.11 Å². The molecule has 140 valence electrons. The lowest BCUT2D eigenvalue weighted by Gasteiger charge is -2.48. The van der Waals surface area contributed by atoms with Crippen LogP contribution >= 0.6 is 0 Å². The summed E-state index contributed by atoms with van der Waals surface area (Å²) in [5.41, 5.74) is 2.87. The second-order valence-corrected chi connectivity index (χ2v) is 8.03. The van der Waals surface area contributed by atoms with Crippen LogP contribution in [0.1, 0.15) is 50.8 Å². The summed E-state index contributed by atoms with van der Waals surface area (Å²) in [6.45, 7) is 11.0. The monoisotopic (exact) mass is 346 g/mol. The largest absolute Gasteiger partial charge is 0.493 e. The third kappa shape index (κ3) is 3.95. The van der Waals surface area contributed by atoms with Gasteiger partial charge in [-0.15, -0.1) is 0 Å². The van der Waals surface area contributed by atoms with Gasteiger partial charge in [0.1, 0.15) is 0 Å². The van der Waals surface area contributed by atoms with Gasteiger partial charge >= 0.3 is 0 Å². The van der Waals surface area contributed by atoms with E-state index in [4.69, 9.17) is 9.47 Å². The molecule has 3 rings (SSSR count). The van der Waals surface area contributed by atoms with Crippen molar-refractivity contribution in [2.24, 2.45) is 5.92 Å². The van der Waals surface area contributed by atoms with Gasteiger partial charge in [0.2, 0.25) is 0 Å². The van der Waals surface area contributed by atoms with E-state index in [0.717, 1.165) is 50.0 Å². The third-order valence-corrected chi connectivity index (χ3v) is 5.63. The number of piperazine rings is 1. The Morgan fingerprint density at radius 1 is 1.20 bits per heavy atom. The zero-order chi connectivity index (χ0) is 18.0. The second kappa shape index (κ2) is 7.96. The molecule has 0 radical (unpaired) electrons. The number of likely N-dealkylation sites (N-methyl/N-ethyl adjacent to an activating group) is 1. The Balaban J connectivity index is 1.84. The third-order valence-electron chi connectivity index (χ3n) is 5.63. The number of nitrogens with zero attached hydrogens (tertiary/aromatic N) is 2. The van der Waals surface area contributed by atoms with Gasteiger partial charge in [-0.25, -0.2) is 0 Å². The van der Waals surface area contributed by atoms with Gasteiger partial charge in [0.15, 0.2) is 11.5 Å². The molecule has 2 heterocycles. The van der Waals surface area contributed by atoms with Gasteiger partial charge in [0.05, 0.1) is 13.7 Å². The van der Waals surface area contributed by atoms with Crippen molar-refractivity contribution in [1.29, 1.82) is 0 Å². The fourth-order valence-corrected chi connectivity index (χ4v) is 4.31. The highest BCUT2D eigenvalue weighted by molar-refractivity contribution is 5.49. The molecule has 2 aliphatic rings. The summed E-state index contributed by atoms with van der Waals surface area (Å²) in [7, 11) is 4.03. The van der Waals surface area contributed by atoms with Crippen molar-refractivity contribution in [2.45, 2.75) is 52.1 Å². The van der Waals surface area contributed by atoms with Gasteiger partial charge in [-0.1, -0.05) is 20.8 Å². The predicted octanol–water partition coefficient (Wildman–Crippen LogP) is 3.74. The Morgan fingerprint density at radius 2 is 2.00 bits per heavy atom. The summed E-state index contributed by atoms with van der Waals surface area (Å²) < 4.78 is 11.5. The van der Waals surface area contributed by atoms with Crippen LogP contribution in [0.2, 0.25) is 0 Å². The Labute approximate surface area is 153 Å². The summed E-state index contributed by atoms with van der Waals surface area (Å²) in [6, 6.07) is 5.60. The van der Waals surface area contributed by atoms with Gasteiger partial charge < -0.3 is 14.4 Å². The standard InChI is InChI=1S/C21H34N2O2/c1-6-9-25-21-11-16-7-8-23-13-17(10-15(2)3)22(4)14-19(23)18(16)12-20(21)24-5/h11-12,15,17,19H,6-10,13-14H2,1-5H3/t17-,19?/m1/s1. The number of fused-ring (bicyclic) bond motifs is 3. The van der Waals surface area contributed by atoms with Gasteiger partial charge in [-0.2, -0.15) is 0 Å². The molecule has 0 amide bonds. The molecule has 0 bridgehead atoms. The maximum Gasteiger partial charge on any atom is 0.161 e. The SMILES string of the molecule is CCCOc1cc2c(cc1OC)C1CN(C)[C@H](CC(C)C)CN1CC2. The number of hydrogen-bond donors (Lipinski definition) is 0. The first-order valence-electron chi connectivity index (χ1n) is 9.81. The molecule has 1 unspecified atom stereocenters. The lowest BCUT2D eigenvalue weighted by molar-refractivity contribution is 0.0294. The molecule has 0 N–H and O–H groups in total. The van der Waals surface area contributed by atoms with E-state index in [2.05, 4.69) is 49.8 Å². The van der Waals surface area contributed by atoms with Crippen molar-refractivity contribution < 1.29 is 9.47 Å². The van der Waals surface area contributed by atoms with Crippen LogP contribution in [0.3, 0.4) is 0 Å². The van der Waals surface area contributed by atoms with Crippen molar-refractivity contribution >= 4 is 0 Å². The zero-order valence-electron chi connectivity index (χ0n) is 16.5. The predicted molar refractivity (Wildman–Crippen MR) is 103 cm³/mol. The number of methoxy groups -OCH3 is 1. The first-order valence-corrected chi connectivity index (χ1v) is 9.81. The number of hydrogen-bond acceptors (Lipinski definition) is 4. The lowest BCUT2D eigenvalue weighted by atomic mass is 9.88. The smallest absolute Gasteiger partial charge is 0.161 e. The molecule has 0 aliphatic carbocycles. The minimum absolute atomic E-state index is 0.478. The molecular weight excluding hydrogens is 312 g/mol. The number of benzene rings is 1. The molecule has 25 heavy (non-hydrogen) atoms. The average molecular weight is 347 g/mol. The topological polar surface area (TPSA) is 24.9 Å². The van der Waals surface area contributed by atoms with Gasteiger partial charge in [-0.3, -0.25) is 4.90 Å². The van der Waals surface area contributed by atoms with E-state index >= 15 is 0 Å². The van der Waals surface area contributed by atoms with Crippen molar-refractivity contribution in [3.05, 3.63) is 23.3 Å². The minimum Gasteiger partial charge on any atom is -0.493 e. The summed E-state index contributed by atoms with van der Waals surface area (Å²) >= 11 is 0. The van der Waals surface area contributed by atoms with E-state index in [1.165, 1.54) is 24.1 Å². The highest BCUT2D eigenvalue weighted by Crippen LogP contribution is 2.40. The normalized spacial score (nSPS) is 24.1. The molecule has 0 saturated carbocycles. The Hall–Kier alpha value is -1.26. The van der Waals surface area contributed by atoms with Crippen LogP contribution in [0.15, 0.2) is 12.1 Å². The second-order valence-electron chi connectivity index (χ2n) is 8.03. The molecule has 2 aliphatic heterocycles. The van der Waals surface area contributed by atoms with Crippen LogP contribution in [-0.4, -0.2) is 56.2 Å². The lowest BCUT2D eigenvalue weighted by Crippen LogP contribution is -2.55. The molecule has 0 aromatic heterocycles. The van der Waals surface area contributed by atoms with Crippen LogP contribution in [0, 0.1) is 5.92 Å². The Bertz CT molecular complexity index is 588. The maximum atomic E-state index is 5.91. The van der Waals surface area contributed by atoms with Crippen LogP contribution in [0.5, 0.6) is 11.5 Å². The fourth-order valence-electron chi connectivity index (χ4n) is 4.31. The number of ether oxygens (including phenoxy) is 2.